The van der Waals surface area contributed by atoms with Crippen molar-refractivity contribution in [3.05, 3.63) is 59.7 Å². The molecule has 0 bridgehead atoms. The standard InChI is InChI=1S/C19H24O3/c1-3-7-17(20)12-16-10-11-18(19(13-16)21-2)22-14-15-8-5-4-6-9-15/h4-6,8-11,13,17,20H,3,7,12,14H2,1-2H3. The molecule has 0 aliphatic heterocycles. The Morgan fingerprint density at radius 3 is 2.45 bits per heavy atom. The van der Waals surface area contributed by atoms with E-state index in [9.17, 15) is 5.11 Å². The average Bonchev–Trinajstić information content (AvgIpc) is 2.54. The third kappa shape index (κ3) is 4.78. The Hall–Kier alpha value is -2.00. The Balaban J connectivity index is 2.02. The maximum atomic E-state index is 9.92. The lowest BCUT2D eigenvalue weighted by molar-refractivity contribution is 0.163. The summed E-state index contributed by atoms with van der Waals surface area (Å²) in [7, 11) is 1.64. The Morgan fingerprint density at radius 2 is 1.77 bits per heavy atom. The van der Waals surface area contributed by atoms with Crippen LogP contribution in [0.1, 0.15) is 30.9 Å². The summed E-state index contributed by atoms with van der Waals surface area (Å²) < 4.78 is 11.2. The first-order valence-electron chi connectivity index (χ1n) is 7.74. The molecular formula is C19H24O3. The normalized spacial score (nSPS) is 12.0. The van der Waals surface area contributed by atoms with Crippen molar-refractivity contribution in [3.8, 4) is 11.5 Å². The van der Waals surface area contributed by atoms with E-state index in [1.54, 1.807) is 7.11 Å². The van der Waals surface area contributed by atoms with Crippen molar-refractivity contribution in [2.75, 3.05) is 7.11 Å². The number of benzene rings is 2. The van der Waals surface area contributed by atoms with Crippen LogP contribution in [-0.2, 0) is 13.0 Å². The van der Waals surface area contributed by atoms with Gasteiger partial charge in [-0.25, -0.2) is 0 Å². The Kier molecular flexibility index (Phi) is 6.28. The minimum Gasteiger partial charge on any atom is -0.493 e. The molecule has 0 spiro atoms. The quantitative estimate of drug-likeness (QED) is 0.801. The summed E-state index contributed by atoms with van der Waals surface area (Å²) in [4.78, 5) is 0. The minimum atomic E-state index is -0.300. The predicted molar refractivity (Wildman–Crippen MR) is 88.4 cm³/mol. The molecule has 0 aliphatic carbocycles. The molecule has 2 aromatic rings. The molecule has 22 heavy (non-hydrogen) atoms. The molecule has 0 fully saturated rings. The molecule has 0 radical (unpaired) electrons. The molecule has 0 amide bonds. The summed E-state index contributed by atoms with van der Waals surface area (Å²) in [5.41, 5.74) is 2.18. The number of hydrogen-bond acceptors (Lipinski definition) is 3. The van der Waals surface area contributed by atoms with Crippen LogP contribution in [0, 0.1) is 0 Å². The van der Waals surface area contributed by atoms with Crippen LogP contribution in [-0.4, -0.2) is 18.3 Å². The molecule has 3 heteroatoms. The van der Waals surface area contributed by atoms with E-state index in [0.29, 0.717) is 18.8 Å². The van der Waals surface area contributed by atoms with Crippen LogP contribution in [0.15, 0.2) is 48.5 Å². The summed E-state index contributed by atoms with van der Waals surface area (Å²) in [6, 6.07) is 15.9. The van der Waals surface area contributed by atoms with Gasteiger partial charge < -0.3 is 14.6 Å². The lowest BCUT2D eigenvalue weighted by atomic mass is 10.0. The summed E-state index contributed by atoms with van der Waals surface area (Å²) in [6.07, 6.45) is 2.14. The van der Waals surface area contributed by atoms with E-state index in [1.807, 2.05) is 48.5 Å². The van der Waals surface area contributed by atoms with Gasteiger partial charge in [-0.3, -0.25) is 0 Å². The van der Waals surface area contributed by atoms with E-state index in [0.717, 1.165) is 29.7 Å². The molecule has 0 heterocycles. The second-order valence-electron chi connectivity index (χ2n) is 5.41. The summed E-state index contributed by atoms with van der Waals surface area (Å²) >= 11 is 0. The van der Waals surface area contributed by atoms with Crippen LogP contribution < -0.4 is 9.47 Å². The highest BCUT2D eigenvalue weighted by Crippen LogP contribution is 2.29. The fraction of sp³-hybridized carbons (Fsp3) is 0.368. The highest BCUT2D eigenvalue weighted by molar-refractivity contribution is 5.43. The number of hydrogen-bond donors (Lipinski definition) is 1. The van der Waals surface area contributed by atoms with Gasteiger partial charge in [0.1, 0.15) is 6.61 Å². The van der Waals surface area contributed by atoms with E-state index >= 15 is 0 Å². The third-order valence-corrected chi connectivity index (χ3v) is 3.56. The van der Waals surface area contributed by atoms with Gasteiger partial charge in [0, 0.05) is 0 Å². The van der Waals surface area contributed by atoms with Crippen molar-refractivity contribution in [3.63, 3.8) is 0 Å². The van der Waals surface area contributed by atoms with Gasteiger partial charge in [0.25, 0.3) is 0 Å². The molecule has 0 saturated heterocycles. The molecule has 0 saturated carbocycles. The van der Waals surface area contributed by atoms with Crippen molar-refractivity contribution in [2.45, 2.75) is 38.9 Å². The van der Waals surface area contributed by atoms with Gasteiger partial charge in [0.2, 0.25) is 0 Å². The van der Waals surface area contributed by atoms with Gasteiger partial charge in [0.15, 0.2) is 11.5 Å². The second kappa shape index (κ2) is 8.44. The summed E-state index contributed by atoms with van der Waals surface area (Å²) in [5.74, 6) is 1.43. The van der Waals surface area contributed by atoms with Gasteiger partial charge in [-0.1, -0.05) is 49.7 Å². The maximum Gasteiger partial charge on any atom is 0.161 e. The van der Waals surface area contributed by atoms with Gasteiger partial charge in [-0.2, -0.15) is 0 Å². The Bertz CT molecular complexity index is 566. The Labute approximate surface area is 132 Å². The fourth-order valence-electron chi connectivity index (χ4n) is 2.40. The fourth-order valence-corrected chi connectivity index (χ4v) is 2.40. The number of aliphatic hydroxyl groups excluding tert-OH is 1. The smallest absolute Gasteiger partial charge is 0.161 e. The lowest BCUT2D eigenvalue weighted by Crippen LogP contribution is -2.09. The van der Waals surface area contributed by atoms with Gasteiger partial charge >= 0.3 is 0 Å². The molecule has 118 valence electrons. The van der Waals surface area contributed by atoms with Crippen LogP contribution >= 0.6 is 0 Å². The van der Waals surface area contributed by atoms with Gasteiger partial charge in [-0.15, -0.1) is 0 Å². The SMILES string of the molecule is CCCC(O)Cc1ccc(OCc2ccccc2)c(OC)c1. The molecule has 0 aliphatic rings. The number of methoxy groups -OCH3 is 1. The van der Waals surface area contributed by atoms with Crippen molar-refractivity contribution in [2.24, 2.45) is 0 Å². The molecular weight excluding hydrogens is 276 g/mol. The first-order chi connectivity index (χ1) is 10.7. The van der Waals surface area contributed by atoms with E-state index in [2.05, 4.69) is 6.92 Å². The van der Waals surface area contributed by atoms with Crippen molar-refractivity contribution in [1.29, 1.82) is 0 Å². The molecule has 1 atom stereocenters. The van der Waals surface area contributed by atoms with E-state index in [1.165, 1.54) is 0 Å². The van der Waals surface area contributed by atoms with Crippen LogP contribution in [0.2, 0.25) is 0 Å². The third-order valence-electron chi connectivity index (χ3n) is 3.56. The summed E-state index contributed by atoms with van der Waals surface area (Å²) in [6.45, 7) is 2.58. The molecule has 0 aromatic heterocycles. The van der Waals surface area contributed by atoms with Gasteiger partial charge in [-0.05, 0) is 36.1 Å². The summed E-state index contributed by atoms with van der Waals surface area (Å²) in [5, 5.41) is 9.92. The van der Waals surface area contributed by atoms with E-state index in [4.69, 9.17) is 9.47 Å². The average molecular weight is 300 g/mol. The minimum absolute atomic E-state index is 0.300. The van der Waals surface area contributed by atoms with Crippen molar-refractivity contribution >= 4 is 0 Å². The first kappa shape index (κ1) is 16.4. The number of aliphatic hydroxyl groups is 1. The van der Waals surface area contributed by atoms with Crippen molar-refractivity contribution in [1.82, 2.24) is 0 Å². The lowest BCUT2D eigenvalue weighted by Gasteiger charge is -2.14. The molecule has 3 nitrogen and oxygen atoms in total. The number of rotatable bonds is 8. The first-order valence-corrected chi connectivity index (χ1v) is 7.74. The maximum absolute atomic E-state index is 9.92. The molecule has 1 N–H and O–H groups in total. The largest absolute Gasteiger partial charge is 0.493 e. The molecule has 2 aromatic carbocycles. The number of ether oxygens (including phenoxy) is 2. The highest BCUT2D eigenvalue weighted by atomic mass is 16.5. The molecule has 2 rings (SSSR count). The highest BCUT2D eigenvalue weighted by Gasteiger charge is 2.09. The second-order valence-corrected chi connectivity index (χ2v) is 5.41. The zero-order chi connectivity index (χ0) is 15.8. The van der Waals surface area contributed by atoms with Crippen LogP contribution in [0.4, 0.5) is 0 Å². The Morgan fingerprint density at radius 1 is 1.00 bits per heavy atom. The van der Waals surface area contributed by atoms with Gasteiger partial charge in [0.05, 0.1) is 13.2 Å². The predicted octanol–water partition coefficient (Wildman–Crippen LogP) is 3.98. The topological polar surface area (TPSA) is 38.7 Å². The van der Waals surface area contributed by atoms with E-state index in [-0.39, 0.29) is 6.10 Å². The van der Waals surface area contributed by atoms with Crippen LogP contribution in [0.25, 0.3) is 0 Å². The van der Waals surface area contributed by atoms with Crippen LogP contribution in [0.3, 0.4) is 0 Å². The van der Waals surface area contributed by atoms with E-state index < -0.39 is 0 Å². The molecule has 1 unspecified atom stereocenters. The zero-order valence-corrected chi connectivity index (χ0v) is 13.3. The zero-order valence-electron chi connectivity index (χ0n) is 13.3. The van der Waals surface area contributed by atoms with Crippen LogP contribution in [0.5, 0.6) is 11.5 Å². The van der Waals surface area contributed by atoms with Crippen molar-refractivity contribution < 1.29 is 14.6 Å². The monoisotopic (exact) mass is 300 g/mol.